The fraction of sp³-hybridized carbons (Fsp3) is 0.261. The van der Waals surface area contributed by atoms with Gasteiger partial charge in [0, 0.05) is 11.6 Å². The normalized spacial score (nSPS) is 20.1. The van der Waals surface area contributed by atoms with Gasteiger partial charge in [0.15, 0.2) is 0 Å². The summed E-state index contributed by atoms with van der Waals surface area (Å²) in [5.41, 5.74) is 0.285. The minimum Gasteiger partial charge on any atom is -0.272 e. The minimum absolute atomic E-state index is 0.0733. The lowest BCUT2D eigenvalue weighted by Gasteiger charge is -2.30. The first-order chi connectivity index (χ1) is 15.3. The lowest BCUT2D eigenvalue weighted by Crippen LogP contribution is -2.50. The molecular weight excluding hydrogens is 417 g/mol. The Hall–Kier alpha value is -3.88. The van der Waals surface area contributed by atoms with Crippen molar-refractivity contribution in [2.45, 2.75) is 26.3 Å². The van der Waals surface area contributed by atoms with Crippen molar-refractivity contribution in [3.05, 3.63) is 87.2 Å². The third kappa shape index (κ3) is 3.66. The number of imide groups is 1. The predicted octanol–water partition coefficient (Wildman–Crippen LogP) is 3.63. The molecule has 0 bridgehead atoms. The molecule has 2 aliphatic rings. The highest BCUT2D eigenvalue weighted by molar-refractivity contribution is 6.08. The molecule has 2 aromatic carbocycles. The first-order valence-electron chi connectivity index (χ1n) is 10.1. The summed E-state index contributed by atoms with van der Waals surface area (Å²) in [5, 5.41) is 13.1. The third-order valence-electron chi connectivity index (χ3n) is 5.88. The topological polar surface area (TPSA) is 101 Å². The molecule has 2 atom stereocenters. The monoisotopic (exact) mass is 437 g/mol. The number of hydrogen-bond acceptors (Lipinski definition) is 5. The van der Waals surface area contributed by atoms with Crippen molar-refractivity contribution >= 4 is 23.4 Å². The van der Waals surface area contributed by atoms with Crippen molar-refractivity contribution in [1.29, 1.82) is 0 Å². The van der Waals surface area contributed by atoms with E-state index in [2.05, 4.69) is 0 Å². The zero-order chi connectivity index (χ0) is 23.0. The summed E-state index contributed by atoms with van der Waals surface area (Å²) in [6.45, 7) is 1.44. The van der Waals surface area contributed by atoms with Gasteiger partial charge in [0.1, 0.15) is 11.4 Å². The van der Waals surface area contributed by atoms with E-state index in [0.29, 0.717) is 12.8 Å². The van der Waals surface area contributed by atoms with Gasteiger partial charge in [-0.25, -0.2) is 9.40 Å². The molecule has 3 amide bonds. The number of nitrogens with zero attached hydrogens (tertiary/aromatic N) is 3. The van der Waals surface area contributed by atoms with Gasteiger partial charge in [-0.05, 0) is 31.9 Å². The molecule has 9 heteroatoms. The fourth-order valence-corrected chi connectivity index (χ4v) is 4.23. The third-order valence-corrected chi connectivity index (χ3v) is 5.88. The zero-order valence-corrected chi connectivity index (χ0v) is 17.2. The first-order valence-corrected chi connectivity index (χ1v) is 10.1. The highest BCUT2D eigenvalue weighted by Crippen LogP contribution is 2.39. The smallest absolute Gasteiger partial charge is 0.272 e. The van der Waals surface area contributed by atoms with Crippen LogP contribution in [0, 0.1) is 27.8 Å². The Balaban J connectivity index is 1.78. The van der Waals surface area contributed by atoms with E-state index < -0.39 is 52.5 Å². The minimum atomic E-state index is -0.925. The van der Waals surface area contributed by atoms with E-state index in [0.717, 1.165) is 21.7 Å². The van der Waals surface area contributed by atoms with Crippen LogP contribution in [0.15, 0.2) is 60.2 Å². The molecule has 2 aromatic rings. The van der Waals surface area contributed by atoms with Gasteiger partial charge in [0.05, 0.1) is 23.3 Å². The number of rotatable bonds is 5. The maximum Gasteiger partial charge on any atom is 0.282 e. The van der Waals surface area contributed by atoms with Gasteiger partial charge in [-0.3, -0.25) is 24.5 Å². The Kier molecular flexibility index (Phi) is 5.56. The first kappa shape index (κ1) is 21.4. The number of hydrazine groups is 1. The molecule has 4 rings (SSSR count). The number of carbonyl (C=O) groups is 3. The Labute approximate surface area is 183 Å². The Morgan fingerprint density at radius 3 is 2.50 bits per heavy atom. The van der Waals surface area contributed by atoms with Crippen molar-refractivity contribution in [3.63, 3.8) is 0 Å². The summed E-state index contributed by atoms with van der Waals surface area (Å²) in [6, 6.07) is 10.9. The van der Waals surface area contributed by atoms with Crippen LogP contribution >= 0.6 is 0 Å². The van der Waals surface area contributed by atoms with Crippen LogP contribution in [0.2, 0.25) is 0 Å². The van der Waals surface area contributed by atoms with Gasteiger partial charge in [-0.15, -0.1) is 0 Å². The number of allylic oxidation sites excluding steroid dienone is 2. The summed E-state index contributed by atoms with van der Waals surface area (Å²) >= 11 is 0. The molecule has 164 valence electrons. The maximum absolute atomic E-state index is 14.4. The van der Waals surface area contributed by atoms with Gasteiger partial charge in [0.2, 0.25) is 0 Å². The van der Waals surface area contributed by atoms with Crippen LogP contribution in [0.5, 0.6) is 0 Å². The van der Waals surface area contributed by atoms with Crippen LogP contribution in [0.4, 0.5) is 10.1 Å². The van der Waals surface area contributed by atoms with Gasteiger partial charge in [0.25, 0.3) is 23.4 Å². The zero-order valence-electron chi connectivity index (χ0n) is 17.2. The quantitative estimate of drug-likeness (QED) is 0.308. The molecule has 1 heterocycles. The van der Waals surface area contributed by atoms with Crippen LogP contribution in [-0.2, 0) is 16.1 Å². The molecule has 0 spiro atoms. The van der Waals surface area contributed by atoms with Gasteiger partial charge >= 0.3 is 0 Å². The predicted molar refractivity (Wildman–Crippen MR) is 111 cm³/mol. The number of benzene rings is 2. The highest BCUT2D eigenvalue weighted by atomic mass is 19.1. The number of fused-ring (bicyclic) bond motifs is 1. The van der Waals surface area contributed by atoms with Gasteiger partial charge in [-0.2, -0.15) is 5.01 Å². The number of para-hydroxylation sites is 1. The number of hydrogen-bond donors (Lipinski definition) is 0. The number of nitro groups is 1. The molecule has 1 aliphatic heterocycles. The molecule has 1 saturated heterocycles. The average Bonchev–Trinajstić information content (AvgIpc) is 3.02. The number of carbonyl (C=O) groups excluding carboxylic acids is 3. The molecule has 0 N–H and O–H groups in total. The largest absolute Gasteiger partial charge is 0.282 e. The second kappa shape index (κ2) is 8.33. The molecule has 1 fully saturated rings. The van der Waals surface area contributed by atoms with E-state index >= 15 is 0 Å². The summed E-state index contributed by atoms with van der Waals surface area (Å²) in [4.78, 5) is 50.6. The Morgan fingerprint density at radius 1 is 1.12 bits per heavy atom. The number of halogens is 1. The van der Waals surface area contributed by atoms with Crippen molar-refractivity contribution in [2.75, 3.05) is 0 Å². The van der Waals surface area contributed by atoms with Gasteiger partial charge < -0.3 is 0 Å². The van der Waals surface area contributed by atoms with Crippen molar-refractivity contribution in [1.82, 2.24) is 10.0 Å². The lowest BCUT2D eigenvalue weighted by atomic mass is 9.82. The van der Waals surface area contributed by atoms with Crippen LogP contribution < -0.4 is 0 Å². The fourth-order valence-electron chi connectivity index (χ4n) is 4.23. The second-order valence-corrected chi connectivity index (χ2v) is 7.92. The van der Waals surface area contributed by atoms with Crippen LogP contribution in [-0.4, -0.2) is 32.7 Å². The van der Waals surface area contributed by atoms with Crippen molar-refractivity contribution in [2.24, 2.45) is 11.8 Å². The summed E-state index contributed by atoms with van der Waals surface area (Å²) in [6.07, 6.45) is 2.64. The lowest BCUT2D eigenvalue weighted by molar-refractivity contribution is -0.385. The van der Waals surface area contributed by atoms with E-state index in [9.17, 15) is 28.9 Å². The average molecular weight is 437 g/mol. The van der Waals surface area contributed by atoms with E-state index in [-0.39, 0.29) is 11.1 Å². The molecular formula is C23H20FN3O5. The standard InChI is InChI=1S/C23H20FN3O5/c1-14-10-11-16-18(12-14)23(30)26(22(16)29)25(13-15-6-2-4-8-19(15)24)21(28)17-7-3-5-9-20(17)27(31)32/h2-10,16,18H,11-13H2,1H3/t16-,18+/m0/s1. The molecule has 0 aromatic heterocycles. The SMILES string of the molecule is CC1=CC[C@@H]2C(=O)N(N(Cc3ccccc3F)C(=O)c3ccccc3[N+](=O)[O-])C(=O)[C@@H]2C1. The molecule has 0 unspecified atom stereocenters. The van der Waals surface area contributed by atoms with Gasteiger partial charge in [-0.1, -0.05) is 42.0 Å². The molecule has 1 aliphatic carbocycles. The van der Waals surface area contributed by atoms with Crippen molar-refractivity contribution < 1.29 is 23.7 Å². The molecule has 8 nitrogen and oxygen atoms in total. The van der Waals surface area contributed by atoms with Crippen LogP contribution in [0.1, 0.15) is 35.7 Å². The van der Waals surface area contributed by atoms with E-state index in [1.165, 1.54) is 36.4 Å². The summed E-state index contributed by atoms with van der Waals surface area (Å²) < 4.78 is 14.4. The van der Waals surface area contributed by atoms with Crippen molar-refractivity contribution in [3.8, 4) is 0 Å². The Bertz CT molecular complexity index is 1160. The second-order valence-electron chi connectivity index (χ2n) is 7.92. The van der Waals surface area contributed by atoms with E-state index in [1.54, 1.807) is 6.07 Å². The number of nitro benzene ring substituents is 1. The maximum atomic E-state index is 14.4. The van der Waals surface area contributed by atoms with E-state index in [4.69, 9.17) is 0 Å². The van der Waals surface area contributed by atoms with E-state index in [1.807, 2.05) is 13.0 Å². The Morgan fingerprint density at radius 2 is 1.78 bits per heavy atom. The summed E-state index contributed by atoms with van der Waals surface area (Å²) in [5.74, 6) is -3.91. The summed E-state index contributed by atoms with van der Waals surface area (Å²) in [7, 11) is 0. The molecule has 0 radical (unpaired) electrons. The highest BCUT2D eigenvalue weighted by Gasteiger charge is 2.51. The molecule has 0 saturated carbocycles. The van der Waals surface area contributed by atoms with Crippen LogP contribution in [0.3, 0.4) is 0 Å². The van der Waals surface area contributed by atoms with Crippen LogP contribution in [0.25, 0.3) is 0 Å². The number of amides is 3. The molecule has 32 heavy (non-hydrogen) atoms.